The Kier molecular flexibility index (Phi) is 3.94. The quantitative estimate of drug-likeness (QED) is 0.809. The third-order valence-electron chi connectivity index (χ3n) is 3.84. The summed E-state index contributed by atoms with van der Waals surface area (Å²) in [5.74, 6) is -0.159. The van der Waals surface area contributed by atoms with Crippen LogP contribution in [0.1, 0.15) is 18.2 Å². The molecule has 2 aromatic rings. The summed E-state index contributed by atoms with van der Waals surface area (Å²) in [6.45, 7) is 0.393. The maximum absolute atomic E-state index is 12.8. The van der Waals surface area contributed by atoms with Gasteiger partial charge in [0.25, 0.3) is 10.0 Å². The van der Waals surface area contributed by atoms with Gasteiger partial charge in [0, 0.05) is 33.0 Å². The summed E-state index contributed by atoms with van der Waals surface area (Å²) >= 11 is 0. The van der Waals surface area contributed by atoms with Gasteiger partial charge in [0.15, 0.2) is 5.03 Å². The molecule has 23 heavy (non-hydrogen) atoms. The highest BCUT2D eigenvalue weighted by molar-refractivity contribution is 7.89. The van der Waals surface area contributed by atoms with Crippen molar-refractivity contribution < 1.29 is 13.2 Å². The predicted octanol–water partition coefficient (Wildman–Crippen LogP) is -0.502. The third-order valence-corrected chi connectivity index (χ3v) is 5.53. The first-order valence-corrected chi connectivity index (χ1v) is 8.57. The van der Waals surface area contributed by atoms with Gasteiger partial charge in [-0.2, -0.15) is 9.40 Å². The molecular formula is C13H18N6O3S. The Labute approximate surface area is 134 Å². The molecule has 0 saturated carbocycles. The smallest absolute Gasteiger partial charge is 0.262 e. The van der Waals surface area contributed by atoms with Crippen LogP contribution < -0.4 is 5.32 Å². The fourth-order valence-electron chi connectivity index (χ4n) is 2.66. The molecule has 1 aliphatic rings. The molecule has 3 heterocycles. The van der Waals surface area contributed by atoms with Gasteiger partial charge >= 0.3 is 0 Å². The molecule has 1 aliphatic heterocycles. The largest absolute Gasteiger partial charge is 0.359 e. The number of nitrogens with zero attached hydrogens (tertiary/aromatic N) is 5. The van der Waals surface area contributed by atoms with E-state index < -0.39 is 10.0 Å². The summed E-state index contributed by atoms with van der Waals surface area (Å²) in [5, 5.41) is 6.78. The minimum Gasteiger partial charge on any atom is -0.359 e. The molecule has 0 radical (unpaired) electrons. The van der Waals surface area contributed by atoms with E-state index in [-0.39, 0.29) is 36.5 Å². The van der Waals surface area contributed by atoms with Crippen molar-refractivity contribution in [3.8, 4) is 0 Å². The van der Waals surface area contributed by atoms with Crippen molar-refractivity contribution in [2.75, 3.05) is 13.6 Å². The standard InChI is InChI=1S/C13H18N6O3S/c1-14-12(20)5-11-7-18(6-10-3-4-16-19(10)11)23(21,22)13-8-17(2)9-15-13/h3-4,8-9,11H,5-7H2,1-2H3,(H,14,20). The van der Waals surface area contributed by atoms with Crippen LogP contribution in [0, 0.1) is 0 Å². The number of aryl methyl sites for hydroxylation is 1. The SMILES string of the molecule is CNC(=O)CC1CN(S(=O)(=O)c2cn(C)cn2)Cc2ccnn21. The van der Waals surface area contributed by atoms with Crippen molar-refractivity contribution in [1.82, 2.24) is 29.0 Å². The van der Waals surface area contributed by atoms with E-state index in [1.807, 2.05) is 0 Å². The monoisotopic (exact) mass is 338 g/mol. The molecule has 1 N–H and O–H groups in total. The van der Waals surface area contributed by atoms with E-state index in [1.165, 1.54) is 16.8 Å². The van der Waals surface area contributed by atoms with Crippen molar-refractivity contribution in [1.29, 1.82) is 0 Å². The average Bonchev–Trinajstić information content (AvgIpc) is 3.15. The summed E-state index contributed by atoms with van der Waals surface area (Å²) in [6, 6.07) is 1.42. The summed E-state index contributed by atoms with van der Waals surface area (Å²) in [6.07, 6.45) is 4.70. The van der Waals surface area contributed by atoms with E-state index >= 15 is 0 Å². The van der Waals surface area contributed by atoms with Gasteiger partial charge in [-0.3, -0.25) is 9.48 Å². The molecule has 2 aromatic heterocycles. The van der Waals surface area contributed by atoms with Crippen molar-refractivity contribution >= 4 is 15.9 Å². The van der Waals surface area contributed by atoms with Crippen LogP contribution in [-0.2, 0) is 28.4 Å². The predicted molar refractivity (Wildman–Crippen MR) is 80.8 cm³/mol. The molecular weight excluding hydrogens is 320 g/mol. The van der Waals surface area contributed by atoms with Gasteiger partial charge in [-0.05, 0) is 6.07 Å². The van der Waals surface area contributed by atoms with Crippen molar-refractivity contribution in [2.24, 2.45) is 7.05 Å². The number of rotatable bonds is 4. The Balaban J connectivity index is 1.92. The lowest BCUT2D eigenvalue weighted by Crippen LogP contribution is -2.42. The Bertz CT molecular complexity index is 824. The van der Waals surface area contributed by atoms with E-state index in [0.717, 1.165) is 5.69 Å². The summed E-state index contributed by atoms with van der Waals surface area (Å²) in [4.78, 5) is 15.6. The van der Waals surface area contributed by atoms with E-state index in [4.69, 9.17) is 0 Å². The van der Waals surface area contributed by atoms with Gasteiger partial charge in [-0.15, -0.1) is 0 Å². The zero-order valence-corrected chi connectivity index (χ0v) is 13.7. The normalized spacial score (nSPS) is 18.6. The molecule has 1 unspecified atom stereocenters. The van der Waals surface area contributed by atoms with Crippen LogP contribution >= 0.6 is 0 Å². The van der Waals surface area contributed by atoms with Crippen molar-refractivity contribution in [3.63, 3.8) is 0 Å². The fourth-order valence-corrected chi connectivity index (χ4v) is 4.07. The number of carbonyl (C=O) groups is 1. The zero-order chi connectivity index (χ0) is 16.6. The number of hydrogen-bond donors (Lipinski definition) is 1. The molecule has 124 valence electrons. The minimum absolute atomic E-state index is 0.00617. The minimum atomic E-state index is -3.71. The lowest BCUT2D eigenvalue weighted by molar-refractivity contribution is -0.121. The lowest BCUT2D eigenvalue weighted by atomic mass is 10.1. The van der Waals surface area contributed by atoms with Gasteiger partial charge in [0.1, 0.15) is 0 Å². The topological polar surface area (TPSA) is 102 Å². The van der Waals surface area contributed by atoms with Gasteiger partial charge in [0.2, 0.25) is 5.91 Å². The van der Waals surface area contributed by atoms with Gasteiger partial charge < -0.3 is 9.88 Å². The van der Waals surface area contributed by atoms with Crippen LogP contribution in [0.3, 0.4) is 0 Å². The van der Waals surface area contributed by atoms with Crippen molar-refractivity contribution in [3.05, 3.63) is 30.5 Å². The molecule has 10 heteroatoms. The van der Waals surface area contributed by atoms with Crippen LogP contribution in [-0.4, -0.2) is 51.6 Å². The van der Waals surface area contributed by atoms with E-state index in [2.05, 4.69) is 15.4 Å². The number of fused-ring (bicyclic) bond motifs is 1. The van der Waals surface area contributed by atoms with Gasteiger partial charge in [-0.25, -0.2) is 13.4 Å². The Morgan fingerprint density at radius 3 is 2.91 bits per heavy atom. The molecule has 0 saturated heterocycles. The van der Waals surface area contributed by atoms with E-state index in [1.54, 1.807) is 35.6 Å². The van der Waals surface area contributed by atoms with Crippen LogP contribution in [0.2, 0.25) is 0 Å². The van der Waals surface area contributed by atoms with Crippen LogP contribution in [0.5, 0.6) is 0 Å². The first-order valence-electron chi connectivity index (χ1n) is 7.13. The zero-order valence-electron chi connectivity index (χ0n) is 12.9. The molecule has 1 atom stereocenters. The van der Waals surface area contributed by atoms with E-state index in [0.29, 0.717) is 0 Å². The summed E-state index contributed by atoms with van der Waals surface area (Å²) in [7, 11) is -0.442. The second kappa shape index (κ2) is 5.78. The second-order valence-electron chi connectivity index (χ2n) is 5.47. The maximum Gasteiger partial charge on any atom is 0.262 e. The molecule has 0 aliphatic carbocycles. The number of amides is 1. The average molecular weight is 338 g/mol. The highest BCUT2D eigenvalue weighted by atomic mass is 32.2. The highest BCUT2D eigenvalue weighted by Crippen LogP contribution is 2.27. The van der Waals surface area contributed by atoms with Crippen LogP contribution in [0.4, 0.5) is 0 Å². The number of carbonyl (C=O) groups excluding carboxylic acids is 1. The van der Waals surface area contributed by atoms with Gasteiger partial charge in [0.05, 0.1) is 31.0 Å². The number of imidazole rings is 1. The lowest BCUT2D eigenvalue weighted by Gasteiger charge is -2.32. The van der Waals surface area contributed by atoms with Crippen LogP contribution in [0.25, 0.3) is 0 Å². The Hall–Kier alpha value is -2.20. The molecule has 0 spiro atoms. The molecule has 1 amide bonds. The Morgan fingerprint density at radius 2 is 2.26 bits per heavy atom. The highest BCUT2D eigenvalue weighted by Gasteiger charge is 2.35. The first-order chi connectivity index (χ1) is 10.9. The van der Waals surface area contributed by atoms with E-state index in [9.17, 15) is 13.2 Å². The number of sulfonamides is 1. The molecule has 0 bridgehead atoms. The third kappa shape index (κ3) is 2.86. The summed E-state index contributed by atoms with van der Waals surface area (Å²) < 4.78 is 30.2. The fraction of sp³-hybridized carbons (Fsp3) is 0.462. The Morgan fingerprint density at radius 1 is 1.48 bits per heavy atom. The molecule has 9 nitrogen and oxygen atoms in total. The molecule has 0 fully saturated rings. The number of aromatic nitrogens is 4. The van der Waals surface area contributed by atoms with Crippen LogP contribution in [0.15, 0.2) is 29.8 Å². The first kappa shape index (κ1) is 15.7. The molecule has 3 rings (SSSR count). The maximum atomic E-state index is 12.8. The summed E-state index contributed by atoms with van der Waals surface area (Å²) in [5.41, 5.74) is 0.754. The second-order valence-corrected chi connectivity index (χ2v) is 7.36. The van der Waals surface area contributed by atoms with Gasteiger partial charge in [-0.1, -0.05) is 0 Å². The van der Waals surface area contributed by atoms with Crippen molar-refractivity contribution in [2.45, 2.75) is 24.0 Å². The molecule has 0 aromatic carbocycles. The number of hydrogen-bond acceptors (Lipinski definition) is 5. The number of nitrogens with one attached hydrogen (secondary N) is 1.